The molecule has 0 bridgehead atoms. The van der Waals surface area contributed by atoms with E-state index in [1.807, 2.05) is 17.2 Å². The Morgan fingerprint density at radius 3 is 2.61 bits per heavy atom. The Morgan fingerprint density at radius 2 is 1.97 bits per heavy atom. The van der Waals surface area contributed by atoms with Gasteiger partial charge in [0.05, 0.1) is 24.2 Å². The second kappa shape index (κ2) is 8.30. The van der Waals surface area contributed by atoms with Crippen LogP contribution in [0.25, 0.3) is 5.82 Å². The SMILES string of the molecule is CCN1c2cccnc2-n2cccc2C12CCN(C(=O)c1ccco1)C2.O=C(O)C(F)(F)F. The highest BCUT2D eigenvalue weighted by molar-refractivity contribution is 5.92. The molecule has 1 atom stereocenters. The van der Waals surface area contributed by atoms with Crippen LogP contribution >= 0.6 is 0 Å². The van der Waals surface area contributed by atoms with E-state index in [4.69, 9.17) is 14.3 Å². The molecule has 0 aliphatic carbocycles. The molecule has 1 unspecified atom stereocenters. The van der Waals surface area contributed by atoms with Gasteiger partial charge in [-0.2, -0.15) is 13.2 Å². The summed E-state index contributed by atoms with van der Waals surface area (Å²) in [4.78, 5) is 30.6. The molecule has 0 radical (unpaired) electrons. The molecular weight excluding hydrogens is 441 g/mol. The number of aliphatic carboxylic acids is 1. The Morgan fingerprint density at radius 1 is 1.21 bits per heavy atom. The van der Waals surface area contributed by atoms with E-state index in [0.29, 0.717) is 18.8 Å². The highest BCUT2D eigenvalue weighted by Crippen LogP contribution is 2.46. The van der Waals surface area contributed by atoms with Gasteiger partial charge in [-0.05, 0) is 49.7 Å². The van der Waals surface area contributed by atoms with Crippen molar-refractivity contribution in [3.8, 4) is 5.82 Å². The molecule has 5 heterocycles. The molecule has 2 aliphatic rings. The van der Waals surface area contributed by atoms with Crippen LogP contribution in [0.5, 0.6) is 0 Å². The number of amides is 1. The molecule has 11 heteroatoms. The summed E-state index contributed by atoms with van der Waals surface area (Å²) in [6.45, 7) is 4.36. The van der Waals surface area contributed by atoms with E-state index in [9.17, 15) is 18.0 Å². The number of halogens is 3. The zero-order chi connectivity index (χ0) is 23.8. The summed E-state index contributed by atoms with van der Waals surface area (Å²) in [6, 6.07) is 11.8. The van der Waals surface area contributed by atoms with E-state index in [1.165, 1.54) is 5.69 Å². The van der Waals surface area contributed by atoms with Gasteiger partial charge in [-0.15, -0.1) is 0 Å². The van der Waals surface area contributed by atoms with Crippen molar-refractivity contribution in [2.75, 3.05) is 24.5 Å². The van der Waals surface area contributed by atoms with Crippen LogP contribution in [0, 0.1) is 0 Å². The third-order valence-corrected chi connectivity index (χ3v) is 5.85. The number of nitrogens with zero attached hydrogens (tertiary/aromatic N) is 4. The fourth-order valence-corrected chi connectivity index (χ4v) is 4.52. The molecule has 1 saturated heterocycles. The monoisotopic (exact) mass is 462 g/mol. The van der Waals surface area contributed by atoms with E-state index >= 15 is 0 Å². The van der Waals surface area contributed by atoms with E-state index < -0.39 is 12.1 Å². The lowest BCUT2D eigenvalue weighted by Crippen LogP contribution is -2.52. The number of furan rings is 1. The van der Waals surface area contributed by atoms with Crippen molar-refractivity contribution >= 4 is 17.6 Å². The number of likely N-dealkylation sites (tertiary alicyclic amines) is 1. The summed E-state index contributed by atoms with van der Waals surface area (Å²) >= 11 is 0. The zero-order valence-corrected chi connectivity index (χ0v) is 17.6. The average molecular weight is 462 g/mol. The van der Waals surface area contributed by atoms with Gasteiger partial charge >= 0.3 is 12.1 Å². The van der Waals surface area contributed by atoms with Crippen molar-refractivity contribution in [2.24, 2.45) is 0 Å². The molecule has 0 saturated carbocycles. The topological polar surface area (TPSA) is 91.8 Å². The molecule has 0 aromatic carbocycles. The standard InChI is InChI=1S/C20H20N4O2.C2HF3O2/c1-2-24-15-6-3-10-21-18(15)23-11-4-8-17(23)20(24)9-12-22(14-20)19(25)16-7-5-13-26-16;3-2(4,5)1(6)7/h3-8,10-11,13H,2,9,12,14H2,1H3;(H,6,7). The molecule has 3 aromatic rings. The number of fused-ring (bicyclic) bond motifs is 4. The van der Waals surface area contributed by atoms with Gasteiger partial charge in [0.15, 0.2) is 11.6 Å². The second-order valence-corrected chi connectivity index (χ2v) is 7.64. The van der Waals surface area contributed by atoms with Gasteiger partial charge < -0.3 is 23.9 Å². The molecule has 1 spiro atoms. The van der Waals surface area contributed by atoms with Crippen molar-refractivity contribution in [3.63, 3.8) is 0 Å². The van der Waals surface area contributed by atoms with Crippen LogP contribution in [0.4, 0.5) is 18.9 Å². The van der Waals surface area contributed by atoms with Crippen LogP contribution in [0.15, 0.2) is 59.5 Å². The first-order valence-corrected chi connectivity index (χ1v) is 10.2. The number of likely N-dealkylation sites (N-methyl/N-ethyl adjacent to an activating group) is 1. The number of pyridine rings is 1. The van der Waals surface area contributed by atoms with E-state index in [2.05, 4.69) is 45.8 Å². The lowest BCUT2D eigenvalue weighted by atomic mass is 9.89. The minimum atomic E-state index is -5.08. The number of hydrogen-bond donors (Lipinski definition) is 1. The highest BCUT2D eigenvalue weighted by atomic mass is 19.4. The van der Waals surface area contributed by atoms with Crippen molar-refractivity contribution in [2.45, 2.75) is 25.1 Å². The molecule has 1 amide bonds. The summed E-state index contributed by atoms with van der Waals surface area (Å²) in [5.41, 5.74) is 2.07. The first kappa shape index (κ1) is 22.4. The molecule has 1 N–H and O–H groups in total. The van der Waals surface area contributed by atoms with E-state index in [-0.39, 0.29) is 11.4 Å². The van der Waals surface area contributed by atoms with E-state index in [1.54, 1.807) is 18.4 Å². The highest BCUT2D eigenvalue weighted by Gasteiger charge is 2.50. The van der Waals surface area contributed by atoms with Gasteiger partial charge in [0.25, 0.3) is 5.91 Å². The third-order valence-electron chi connectivity index (χ3n) is 5.85. The van der Waals surface area contributed by atoms with Crippen molar-refractivity contribution in [1.82, 2.24) is 14.5 Å². The van der Waals surface area contributed by atoms with Gasteiger partial charge in [-0.3, -0.25) is 4.79 Å². The molecule has 5 rings (SSSR count). The molecule has 3 aromatic heterocycles. The smallest absolute Gasteiger partial charge is 0.475 e. The van der Waals surface area contributed by atoms with Crippen molar-refractivity contribution in [1.29, 1.82) is 0 Å². The predicted molar refractivity (Wildman–Crippen MR) is 111 cm³/mol. The quantitative estimate of drug-likeness (QED) is 0.625. The third kappa shape index (κ3) is 3.83. The Bertz CT molecular complexity index is 1160. The molecule has 8 nitrogen and oxygen atoms in total. The number of rotatable bonds is 2. The number of anilines is 1. The van der Waals surface area contributed by atoms with Crippen LogP contribution in [0.1, 0.15) is 29.6 Å². The average Bonchev–Trinajstić information content (AvgIpc) is 3.54. The lowest BCUT2D eigenvalue weighted by Gasteiger charge is -2.46. The molecule has 1 fully saturated rings. The minimum Gasteiger partial charge on any atom is -0.475 e. The first-order valence-electron chi connectivity index (χ1n) is 10.2. The van der Waals surface area contributed by atoms with Crippen LogP contribution in [-0.4, -0.2) is 57.2 Å². The van der Waals surface area contributed by atoms with Gasteiger partial charge in [0.2, 0.25) is 0 Å². The number of alkyl halides is 3. The summed E-state index contributed by atoms with van der Waals surface area (Å²) in [6.07, 6.45) is 1.24. The predicted octanol–water partition coefficient (Wildman–Crippen LogP) is 3.68. The lowest BCUT2D eigenvalue weighted by molar-refractivity contribution is -0.192. The molecule has 174 valence electrons. The maximum absolute atomic E-state index is 12.8. The number of carbonyl (C=O) groups excluding carboxylic acids is 1. The summed E-state index contributed by atoms with van der Waals surface area (Å²) in [7, 11) is 0. The summed E-state index contributed by atoms with van der Waals surface area (Å²) < 4.78 is 39.2. The molecule has 33 heavy (non-hydrogen) atoms. The fourth-order valence-electron chi connectivity index (χ4n) is 4.52. The number of carboxylic acids is 1. The van der Waals surface area contributed by atoms with Gasteiger partial charge in [-0.1, -0.05) is 0 Å². The van der Waals surface area contributed by atoms with Gasteiger partial charge in [-0.25, -0.2) is 9.78 Å². The molecule has 2 aliphatic heterocycles. The maximum Gasteiger partial charge on any atom is 0.490 e. The van der Waals surface area contributed by atoms with Gasteiger partial charge in [0.1, 0.15) is 5.54 Å². The number of aromatic nitrogens is 2. The van der Waals surface area contributed by atoms with Crippen LogP contribution in [0.3, 0.4) is 0 Å². The summed E-state index contributed by atoms with van der Waals surface area (Å²) in [5, 5.41) is 7.12. The first-order chi connectivity index (χ1) is 15.7. The Labute approximate surface area is 186 Å². The largest absolute Gasteiger partial charge is 0.490 e. The summed E-state index contributed by atoms with van der Waals surface area (Å²) in [5.74, 6) is -1.44. The second-order valence-electron chi connectivity index (χ2n) is 7.64. The normalized spacial score (nSPS) is 19.0. The fraction of sp³-hybridized carbons (Fsp3) is 0.318. The Balaban J connectivity index is 0.000000325. The number of carbonyl (C=O) groups is 2. The van der Waals surface area contributed by atoms with E-state index in [0.717, 1.165) is 24.5 Å². The van der Waals surface area contributed by atoms with Crippen LogP contribution < -0.4 is 4.90 Å². The maximum atomic E-state index is 12.8. The van der Waals surface area contributed by atoms with Crippen LogP contribution in [-0.2, 0) is 10.3 Å². The van der Waals surface area contributed by atoms with Crippen molar-refractivity contribution < 1.29 is 32.3 Å². The van der Waals surface area contributed by atoms with Gasteiger partial charge in [0, 0.05) is 25.5 Å². The minimum absolute atomic E-state index is 0.0435. The van der Waals surface area contributed by atoms with Crippen LogP contribution in [0.2, 0.25) is 0 Å². The number of hydrogen-bond acceptors (Lipinski definition) is 5. The number of carboxylic acid groups (broad SMARTS) is 1. The zero-order valence-electron chi connectivity index (χ0n) is 17.6. The van der Waals surface area contributed by atoms with Crippen molar-refractivity contribution in [3.05, 3.63) is 66.5 Å². The Hall–Kier alpha value is -3.76. The Kier molecular flexibility index (Phi) is 5.64. The molecular formula is C22H21F3N4O4.